The van der Waals surface area contributed by atoms with Gasteiger partial charge in [-0.2, -0.15) is 0 Å². The van der Waals surface area contributed by atoms with Crippen molar-refractivity contribution in [3.63, 3.8) is 0 Å². The molecule has 0 aliphatic rings. The number of hydrogen-bond donors (Lipinski definition) is 2. The lowest BCUT2D eigenvalue weighted by Crippen LogP contribution is -2.32. The molecule has 0 unspecified atom stereocenters. The first-order valence-corrected chi connectivity index (χ1v) is 7.68. The lowest BCUT2D eigenvalue weighted by molar-refractivity contribution is 0.0697. The zero-order chi connectivity index (χ0) is 15.6. The summed E-state index contributed by atoms with van der Waals surface area (Å²) in [4.78, 5) is 10.9. The van der Waals surface area contributed by atoms with E-state index in [0.717, 1.165) is 0 Å². The van der Waals surface area contributed by atoms with Crippen LogP contribution in [0.4, 0.5) is 5.69 Å². The minimum Gasteiger partial charge on any atom is -0.493 e. The second-order valence-electron chi connectivity index (χ2n) is 5.33. The van der Waals surface area contributed by atoms with Gasteiger partial charge in [0.25, 0.3) is 0 Å². The molecule has 0 saturated heterocycles. The summed E-state index contributed by atoms with van der Waals surface area (Å²) in [5, 5.41) is 8.92. The number of sulfone groups is 1. The van der Waals surface area contributed by atoms with Crippen molar-refractivity contribution in [1.29, 1.82) is 0 Å². The van der Waals surface area contributed by atoms with Gasteiger partial charge in [-0.15, -0.1) is 0 Å². The SMILES string of the molecule is CC(C)(C)S(=O)(=O)CCOc1ccc(N)c(C(=O)O)c1. The van der Waals surface area contributed by atoms with Gasteiger partial charge in [-0.05, 0) is 39.0 Å². The molecule has 0 saturated carbocycles. The quantitative estimate of drug-likeness (QED) is 0.799. The molecule has 0 radical (unpaired) electrons. The summed E-state index contributed by atoms with van der Waals surface area (Å²) >= 11 is 0. The molecule has 0 aliphatic heterocycles. The number of carboxylic acid groups (broad SMARTS) is 1. The van der Waals surface area contributed by atoms with Crippen LogP contribution < -0.4 is 10.5 Å². The number of nitrogen functional groups attached to an aromatic ring is 1. The highest BCUT2D eigenvalue weighted by molar-refractivity contribution is 7.92. The number of anilines is 1. The number of nitrogens with two attached hydrogens (primary N) is 1. The molecule has 0 aromatic heterocycles. The van der Waals surface area contributed by atoms with E-state index in [1.165, 1.54) is 18.2 Å². The fourth-order valence-electron chi connectivity index (χ4n) is 1.39. The Bertz CT molecular complexity index is 602. The third kappa shape index (κ3) is 3.86. The zero-order valence-corrected chi connectivity index (χ0v) is 12.5. The Morgan fingerprint density at radius 3 is 2.45 bits per heavy atom. The topological polar surface area (TPSA) is 107 Å². The van der Waals surface area contributed by atoms with Crippen molar-refractivity contribution in [2.24, 2.45) is 0 Å². The molecule has 0 aliphatic carbocycles. The van der Waals surface area contributed by atoms with Crippen molar-refractivity contribution < 1.29 is 23.1 Å². The van der Waals surface area contributed by atoms with E-state index < -0.39 is 20.6 Å². The Kier molecular flexibility index (Phi) is 4.65. The lowest BCUT2D eigenvalue weighted by Gasteiger charge is -2.19. The fraction of sp³-hybridized carbons (Fsp3) is 0.462. The molecule has 6 nitrogen and oxygen atoms in total. The van der Waals surface area contributed by atoms with Crippen molar-refractivity contribution in [2.75, 3.05) is 18.1 Å². The number of aromatic carboxylic acids is 1. The van der Waals surface area contributed by atoms with Crippen LogP contribution in [-0.4, -0.2) is 36.6 Å². The number of ether oxygens (including phenoxy) is 1. The highest BCUT2D eigenvalue weighted by Gasteiger charge is 2.28. The van der Waals surface area contributed by atoms with E-state index in [4.69, 9.17) is 15.6 Å². The van der Waals surface area contributed by atoms with Gasteiger partial charge in [0.05, 0.1) is 16.1 Å². The van der Waals surface area contributed by atoms with Crippen LogP contribution >= 0.6 is 0 Å². The predicted molar refractivity (Wildman–Crippen MR) is 76.8 cm³/mol. The van der Waals surface area contributed by atoms with Crippen LogP contribution in [0, 0.1) is 0 Å². The maximum absolute atomic E-state index is 11.9. The second-order valence-corrected chi connectivity index (χ2v) is 8.20. The van der Waals surface area contributed by atoms with Crippen LogP contribution in [0.15, 0.2) is 18.2 Å². The molecule has 0 amide bonds. The highest BCUT2D eigenvalue weighted by atomic mass is 32.2. The summed E-state index contributed by atoms with van der Waals surface area (Å²) in [6, 6.07) is 4.20. The molecule has 0 spiro atoms. The number of carbonyl (C=O) groups is 1. The van der Waals surface area contributed by atoms with E-state index in [1.807, 2.05) is 0 Å². The Balaban J connectivity index is 2.73. The molecule has 0 heterocycles. The van der Waals surface area contributed by atoms with Gasteiger partial charge in [0.15, 0.2) is 9.84 Å². The fourth-order valence-corrected chi connectivity index (χ4v) is 2.30. The van der Waals surface area contributed by atoms with Crippen LogP contribution in [0.2, 0.25) is 0 Å². The van der Waals surface area contributed by atoms with Gasteiger partial charge in [0, 0.05) is 5.69 Å². The summed E-state index contributed by atoms with van der Waals surface area (Å²) in [6.45, 7) is 4.82. The van der Waals surface area contributed by atoms with Crippen molar-refractivity contribution >= 4 is 21.5 Å². The largest absolute Gasteiger partial charge is 0.493 e. The van der Waals surface area contributed by atoms with Crippen molar-refractivity contribution in [3.8, 4) is 5.75 Å². The van der Waals surface area contributed by atoms with Gasteiger partial charge >= 0.3 is 5.97 Å². The number of rotatable bonds is 5. The average Bonchev–Trinajstić information content (AvgIpc) is 2.29. The van der Waals surface area contributed by atoms with E-state index >= 15 is 0 Å². The van der Waals surface area contributed by atoms with E-state index in [-0.39, 0.29) is 29.4 Å². The molecule has 7 heteroatoms. The van der Waals surface area contributed by atoms with Gasteiger partial charge in [0.2, 0.25) is 0 Å². The van der Waals surface area contributed by atoms with Crippen LogP contribution in [0.25, 0.3) is 0 Å². The minimum absolute atomic E-state index is 0.0391. The molecule has 1 aromatic carbocycles. The first-order valence-electron chi connectivity index (χ1n) is 6.02. The van der Waals surface area contributed by atoms with Gasteiger partial charge in [-0.1, -0.05) is 0 Å². The Morgan fingerprint density at radius 1 is 1.35 bits per heavy atom. The van der Waals surface area contributed by atoms with Crippen LogP contribution in [-0.2, 0) is 9.84 Å². The third-order valence-electron chi connectivity index (χ3n) is 2.81. The van der Waals surface area contributed by atoms with E-state index in [1.54, 1.807) is 20.8 Å². The first kappa shape index (κ1) is 16.3. The van der Waals surface area contributed by atoms with Gasteiger partial charge in [-0.25, -0.2) is 13.2 Å². The van der Waals surface area contributed by atoms with Gasteiger partial charge < -0.3 is 15.6 Å². The molecular weight excluding hydrogens is 282 g/mol. The van der Waals surface area contributed by atoms with Crippen LogP contribution in [0.1, 0.15) is 31.1 Å². The molecule has 20 heavy (non-hydrogen) atoms. The molecule has 3 N–H and O–H groups in total. The first-order chi connectivity index (χ1) is 9.04. The van der Waals surface area contributed by atoms with Crippen molar-refractivity contribution in [1.82, 2.24) is 0 Å². The summed E-state index contributed by atoms with van der Waals surface area (Å²) < 4.78 is 28.2. The van der Waals surface area contributed by atoms with E-state index in [2.05, 4.69) is 0 Å². The summed E-state index contributed by atoms with van der Waals surface area (Å²) in [6.07, 6.45) is 0. The normalized spacial score (nSPS) is 12.2. The molecule has 1 aromatic rings. The highest BCUT2D eigenvalue weighted by Crippen LogP contribution is 2.20. The standard InChI is InChI=1S/C13H19NO5S/c1-13(2,3)20(17,18)7-6-19-9-4-5-11(14)10(8-9)12(15)16/h4-5,8H,6-7,14H2,1-3H3,(H,15,16). The average molecular weight is 301 g/mol. The number of hydrogen-bond acceptors (Lipinski definition) is 5. The molecular formula is C13H19NO5S. The lowest BCUT2D eigenvalue weighted by atomic mass is 10.2. The monoisotopic (exact) mass is 301 g/mol. The van der Waals surface area contributed by atoms with Gasteiger partial charge in [0.1, 0.15) is 12.4 Å². The smallest absolute Gasteiger partial charge is 0.337 e. The second kappa shape index (κ2) is 5.70. The maximum Gasteiger partial charge on any atom is 0.337 e. The molecule has 112 valence electrons. The molecule has 1 rings (SSSR count). The summed E-state index contributed by atoms with van der Waals surface area (Å²) in [7, 11) is -3.27. The van der Waals surface area contributed by atoms with E-state index in [9.17, 15) is 13.2 Å². The van der Waals surface area contributed by atoms with Crippen molar-refractivity contribution in [2.45, 2.75) is 25.5 Å². The van der Waals surface area contributed by atoms with Gasteiger partial charge in [-0.3, -0.25) is 0 Å². The van der Waals surface area contributed by atoms with Crippen LogP contribution in [0.5, 0.6) is 5.75 Å². The number of carboxylic acids is 1. The zero-order valence-electron chi connectivity index (χ0n) is 11.7. The molecule has 0 fully saturated rings. The Morgan fingerprint density at radius 2 is 1.95 bits per heavy atom. The van der Waals surface area contributed by atoms with E-state index in [0.29, 0.717) is 0 Å². The Labute approximate surface area is 118 Å². The molecule has 0 bridgehead atoms. The molecule has 0 atom stereocenters. The van der Waals surface area contributed by atoms with Crippen molar-refractivity contribution in [3.05, 3.63) is 23.8 Å². The maximum atomic E-state index is 11.9. The Hall–Kier alpha value is -1.76. The third-order valence-corrected chi connectivity index (χ3v) is 5.38. The summed E-state index contributed by atoms with van der Waals surface area (Å²) in [5.41, 5.74) is 5.58. The van der Waals surface area contributed by atoms with Crippen LogP contribution in [0.3, 0.4) is 0 Å². The summed E-state index contributed by atoms with van der Waals surface area (Å²) in [5.74, 6) is -1.01. The predicted octanol–water partition coefficient (Wildman–Crippen LogP) is 1.56. The number of benzene rings is 1. The minimum atomic E-state index is -3.27.